The smallest absolute Gasteiger partial charge is 0.226 e. The summed E-state index contributed by atoms with van der Waals surface area (Å²) in [6, 6.07) is 5.38. The fraction of sp³-hybridized carbons (Fsp3) is 0.458. The highest BCUT2D eigenvalue weighted by atomic mass is 35.5. The molecule has 0 radical (unpaired) electrons. The number of anilines is 1. The average molecular weight is 480 g/mol. The number of halogens is 2. The fourth-order valence-electron chi connectivity index (χ4n) is 5.24. The van der Waals surface area contributed by atoms with Crippen LogP contribution in [-0.4, -0.2) is 50.2 Å². The quantitative estimate of drug-likeness (QED) is 0.569. The molecular formula is C24H23ClFN7O. The van der Waals surface area contributed by atoms with Gasteiger partial charge in [-0.2, -0.15) is 5.26 Å². The van der Waals surface area contributed by atoms with Crippen LogP contribution >= 0.6 is 11.6 Å². The van der Waals surface area contributed by atoms with Crippen molar-refractivity contribution in [2.24, 2.45) is 5.92 Å². The van der Waals surface area contributed by atoms with Crippen LogP contribution in [0.4, 0.5) is 10.1 Å². The first kappa shape index (κ1) is 21.3. The molecule has 1 saturated carbocycles. The van der Waals surface area contributed by atoms with Gasteiger partial charge in [0.1, 0.15) is 17.4 Å². The number of rotatable bonds is 3. The topological polar surface area (TPSA) is 90.9 Å². The molecule has 2 aliphatic heterocycles. The maximum Gasteiger partial charge on any atom is 0.226 e. The number of carbonyl (C=O) groups is 1. The van der Waals surface area contributed by atoms with Gasteiger partial charge in [-0.3, -0.25) is 9.78 Å². The van der Waals surface area contributed by atoms with Gasteiger partial charge in [-0.25, -0.2) is 4.39 Å². The van der Waals surface area contributed by atoms with Crippen molar-refractivity contribution >= 4 is 34.1 Å². The Kier molecular flexibility index (Phi) is 5.14. The SMILES string of the molecule is N#Cc1cnc2c(F)c(Cl)ccc2c1N1CCC(C(=O)N2CCn3c(nnc3C3CC3)C2)CC1. The van der Waals surface area contributed by atoms with E-state index < -0.39 is 5.82 Å². The molecule has 0 bridgehead atoms. The molecular weight excluding hydrogens is 457 g/mol. The molecule has 0 N–H and O–H groups in total. The molecule has 10 heteroatoms. The minimum atomic E-state index is -0.585. The monoisotopic (exact) mass is 479 g/mol. The molecule has 34 heavy (non-hydrogen) atoms. The van der Waals surface area contributed by atoms with E-state index >= 15 is 0 Å². The standard InChI is InChI=1S/C24H23ClFN7O/c25-18-4-3-17-21(20(18)26)28-12-16(11-27)22(17)31-7-5-15(6-8-31)24(34)32-9-10-33-19(13-32)29-30-23(33)14-1-2-14/h3-4,12,14-15H,1-2,5-10,13H2. The van der Waals surface area contributed by atoms with Gasteiger partial charge in [-0.05, 0) is 37.8 Å². The summed E-state index contributed by atoms with van der Waals surface area (Å²) >= 11 is 5.93. The van der Waals surface area contributed by atoms with Crippen molar-refractivity contribution in [3.63, 3.8) is 0 Å². The van der Waals surface area contributed by atoms with Gasteiger partial charge in [0.05, 0.1) is 22.8 Å². The summed E-state index contributed by atoms with van der Waals surface area (Å²) in [6.07, 6.45) is 5.09. The molecule has 4 heterocycles. The van der Waals surface area contributed by atoms with Crippen LogP contribution < -0.4 is 4.90 Å². The summed E-state index contributed by atoms with van der Waals surface area (Å²) in [7, 11) is 0. The highest BCUT2D eigenvalue weighted by Crippen LogP contribution is 2.40. The first-order valence-electron chi connectivity index (χ1n) is 11.7. The zero-order valence-electron chi connectivity index (χ0n) is 18.5. The minimum Gasteiger partial charge on any atom is -0.370 e. The van der Waals surface area contributed by atoms with Crippen LogP contribution in [-0.2, 0) is 17.9 Å². The van der Waals surface area contributed by atoms with Crippen molar-refractivity contribution in [1.29, 1.82) is 5.26 Å². The molecule has 174 valence electrons. The third kappa shape index (κ3) is 3.48. The zero-order chi connectivity index (χ0) is 23.4. The Bertz CT molecular complexity index is 1340. The highest BCUT2D eigenvalue weighted by molar-refractivity contribution is 6.31. The molecule has 3 aliphatic rings. The van der Waals surface area contributed by atoms with Gasteiger partial charge < -0.3 is 14.4 Å². The first-order chi connectivity index (χ1) is 16.5. The third-order valence-electron chi connectivity index (χ3n) is 7.22. The van der Waals surface area contributed by atoms with E-state index in [-0.39, 0.29) is 22.4 Å². The van der Waals surface area contributed by atoms with Crippen LogP contribution in [0.25, 0.3) is 10.9 Å². The van der Waals surface area contributed by atoms with E-state index in [1.54, 1.807) is 6.07 Å². The van der Waals surface area contributed by atoms with Crippen molar-refractivity contribution in [3.05, 3.63) is 46.4 Å². The summed E-state index contributed by atoms with van der Waals surface area (Å²) < 4.78 is 16.7. The van der Waals surface area contributed by atoms with Gasteiger partial charge in [-0.1, -0.05) is 11.6 Å². The second kappa shape index (κ2) is 8.20. The number of nitrogens with zero attached hydrogens (tertiary/aromatic N) is 7. The van der Waals surface area contributed by atoms with Gasteiger partial charge in [-0.15, -0.1) is 10.2 Å². The lowest BCUT2D eigenvalue weighted by Crippen LogP contribution is -2.45. The van der Waals surface area contributed by atoms with Gasteiger partial charge in [0.15, 0.2) is 11.6 Å². The number of amides is 1. The molecule has 0 unspecified atom stereocenters. The van der Waals surface area contributed by atoms with Crippen molar-refractivity contribution in [3.8, 4) is 6.07 Å². The molecule has 3 aromatic rings. The Morgan fingerprint density at radius 2 is 1.91 bits per heavy atom. The number of nitriles is 1. The number of aromatic nitrogens is 4. The fourth-order valence-corrected chi connectivity index (χ4v) is 5.39. The summed E-state index contributed by atoms with van der Waals surface area (Å²) in [5.41, 5.74) is 1.20. The molecule has 2 fully saturated rings. The number of hydrogen-bond donors (Lipinski definition) is 0. The largest absolute Gasteiger partial charge is 0.370 e. The van der Waals surface area contributed by atoms with Crippen molar-refractivity contribution in [2.75, 3.05) is 24.5 Å². The Balaban J connectivity index is 1.18. The summed E-state index contributed by atoms with van der Waals surface area (Å²) in [4.78, 5) is 21.4. The molecule has 6 rings (SSSR count). The van der Waals surface area contributed by atoms with E-state index in [1.165, 1.54) is 25.1 Å². The Labute approximate surface area is 200 Å². The van der Waals surface area contributed by atoms with Crippen LogP contribution in [0.2, 0.25) is 5.02 Å². The molecule has 0 atom stereocenters. The summed E-state index contributed by atoms with van der Waals surface area (Å²) in [6.45, 7) is 3.14. The van der Waals surface area contributed by atoms with Crippen LogP contribution in [0.15, 0.2) is 18.3 Å². The predicted molar refractivity (Wildman–Crippen MR) is 124 cm³/mol. The van der Waals surface area contributed by atoms with Gasteiger partial charge >= 0.3 is 0 Å². The number of fused-ring (bicyclic) bond motifs is 2. The molecule has 1 aliphatic carbocycles. The second-order valence-corrected chi connectivity index (χ2v) is 9.72. The number of hydrogen-bond acceptors (Lipinski definition) is 6. The lowest BCUT2D eigenvalue weighted by molar-refractivity contribution is -0.137. The van der Waals surface area contributed by atoms with Gasteiger partial charge in [0, 0.05) is 49.6 Å². The highest BCUT2D eigenvalue weighted by Gasteiger charge is 2.35. The molecule has 8 nitrogen and oxygen atoms in total. The van der Waals surface area contributed by atoms with E-state index in [1.807, 2.05) is 4.90 Å². The second-order valence-electron chi connectivity index (χ2n) is 9.31. The van der Waals surface area contributed by atoms with Crippen LogP contribution in [0.5, 0.6) is 0 Å². The number of benzene rings is 1. The molecule has 1 amide bonds. The molecule has 1 aromatic carbocycles. The van der Waals surface area contributed by atoms with Crippen molar-refractivity contribution < 1.29 is 9.18 Å². The summed E-state index contributed by atoms with van der Waals surface area (Å²) in [5, 5.41) is 18.9. The average Bonchev–Trinajstić information content (AvgIpc) is 3.63. The van der Waals surface area contributed by atoms with E-state index in [0.717, 1.165) is 18.2 Å². The Morgan fingerprint density at radius 1 is 1.12 bits per heavy atom. The normalized spacial score (nSPS) is 18.7. The van der Waals surface area contributed by atoms with Crippen molar-refractivity contribution in [1.82, 2.24) is 24.6 Å². The number of piperidine rings is 1. The molecule has 0 spiro atoms. The molecule has 2 aromatic heterocycles. The Morgan fingerprint density at radius 3 is 2.65 bits per heavy atom. The number of pyridine rings is 1. The van der Waals surface area contributed by atoms with Gasteiger partial charge in [0.25, 0.3) is 0 Å². The zero-order valence-corrected chi connectivity index (χ0v) is 19.3. The minimum absolute atomic E-state index is 0.00146. The van der Waals surface area contributed by atoms with Crippen LogP contribution in [0.1, 0.15) is 48.8 Å². The maximum atomic E-state index is 14.6. The predicted octanol–water partition coefficient (Wildman–Crippen LogP) is 3.63. The molecule has 1 saturated heterocycles. The first-order valence-corrected chi connectivity index (χ1v) is 12.1. The van der Waals surface area contributed by atoms with Crippen molar-refractivity contribution in [2.45, 2.75) is 44.7 Å². The van der Waals surface area contributed by atoms with Crippen LogP contribution in [0, 0.1) is 23.1 Å². The third-order valence-corrected chi connectivity index (χ3v) is 7.51. The van der Waals surface area contributed by atoms with Crippen LogP contribution in [0.3, 0.4) is 0 Å². The van der Waals surface area contributed by atoms with E-state index in [2.05, 4.69) is 30.7 Å². The van der Waals surface area contributed by atoms with E-state index in [9.17, 15) is 14.4 Å². The summed E-state index contributed by atoms with van der Waals surface area (Å²) in [5.74, 6) is 1.98. The van der Waals surface area contributed by atoms with Gasteiger partial charge in [0.2, 0.25) is 5.91 Å². The maximum absolute atomic E-state index is 14.6. The van der Waals surface area contributed by atoms with E-state index in [0.29, 0.717) is 61.6 Å². The Hall–Kier alpha value is -3.25. The lowest BCUT2D eigenvalue weighted by Gasteiger charge is -2.37. The lowest BCUT2D eigenvalue weighted by atomic mass is 9.93. The number of carbonyl (C=O) groups excluding carboxylic acids is 1. The van der Waals surface area contributed by atoms with E-state index in [4.69, 9.17) is 11.6 Å².